The van der Waals surface area contributed by atoms with E-state index < -0.39 is 0 Å². The van der Waals surface area contributed by atoms with Gasteiger partial charge in [-0.2, -0.15) is 0 Å². The standard InChI is InChI=1S/C48H31N3/c1-5-19-45-37(15-1)38-16-2-6-20-46(38)50(45)35-13-9-11-31(27-35)33-23-25-43-41(29-33)42-30-34(24-26-44(42)49-43)32-12-10-14-36(28-32)51-47-21-7-3-17-39(47)40-18-4-8-22-48(40)51/h1-30,49H. The minimum absolute atomic E-state index is 1.14. The van der Waals surface area contributed by atoms with Crippen LogP contribution < -0.4 is 0 Å². The van der Waals surface area contributed by atoms with Crippen LogP contribution in [0, 0.1) is 0 Å². The van der Waals surface area contributed by atoms with Gasteiger partial charge in [-0.1, -0.05) is 109 Å². The lowest BCUT2D eigenvalue weighted by atomic mass is 9.99. The van der Waals surface area contributed by atoms with Crippen molar-refractivity contribution in [2.24, 2.45) is 0 Å². The molecule has 3 nitrogen and oxygen atoms in total. The number of benzene rings is 8. The monoisotopic (exact) mass is 649 g/mol. The molecule has 0 fully saturated rings. The molecular weight excluding hydrogens is 619 g/mol. The summed E-state index contributed by atoms with van der Waals surface area (Å²) in [7, 11) is 0. The molecule has 3 aromatic heterocycles. The van der Waals surface area contributed by atoms with Gasteiger partial charge in [-0.3, -0.25) is 0 Å². The van der Waals surface area contributed by atoms with E-state index >= 15 is 0 Å². The van der Waals surface area contributed by atoms with Crippen molar-refractivity contribution < 1.29 is 0 Å². The third kappa shape index (κ3) is 4.25. The Hall–Kier alpha value is -6.84. The smallest absolute Gasteiger partial charge is 0.0541 e. The molecule has 0 radical (unpaired) electrons. The van der Waals surface area contributed by atoms with E-state index in [1.807, 2.05) is 0 Å². The maximum Gasteiger partial charge on any atom is 0.0541 e. The van der Waals surface area contributed by atoms with Gasteiger partial charge in [0.15, 0.2) is 0 Å². The highest BCUT2D eigenvalue weighted by molar-refractivity contribution is 6.11. The zero-order valence-corrected chi connectivity index (χ0v) is 27.7. The van der Waals surface area contributed by atoms with Crippen molar-refractivity contribution >= 4 is 65.4 Å². The van der Waals surface area contributed by atoms with Gasteiger partial charge >= 0.3 is 0 Å². The van der Waals surface area contributed by atoms with Crippen LogP contribution in [-0.2, 0) is 0 Å². The molecule has 0 bridgehead atoms. The van der Waals surface area contributed by atoms with Crippen LogP contribution in [0.15, 0.2) is 182 Å². The first-order valence-corrected chi connectivity index (χ1v) is 17.5. The Morgan fingerprint density at radius 2 is 0.627 bits per heavy atom. The number of nitrogens with zero attached hydrogens (tertiary/aromatic N) is 2. The summed E-state index contributed by atoms with van der Waals surface area (Å²) in [4.78, 5) is 3.68. The maximum absolute atomic E-state index is 3.68. The number of hydrogen-bond acceptors (Lipinski definition) is 0. The maximum atomic E-state index is 3.68. The summed E-state index contributed by atoms with van der Waals surface area (Å²) in [6, 6.07) is 66.2. The Labute approximate surface area is 294 Å². The molecule has 0 aliphatic rings. The topological polar surface area (TPSA) is 25.6 Å². The van der Waals surface area contributed by atoms with Gasteiger partial charge in [-0.15, -0.1) is 0 Å². The summed E-state index contributed by atoms with van der Waals surface area (Å²) >= 11 is 0. The number of para-hydroxylation sites is 4. The Balaban J connectivity index is 1.02. The van der Waals surface area contributed by atoms with Crippen molar-refractivity contribution in [2.45, 2.75) is 0 Å². The fourth-order valence-corrected chi connectivity index (χ4v) is 8.31. The third-order valence-electron chi connectivity index (χ3n) is 10.6. The molecule has 3 heteroatoms. The molecule has 8 aromatic carbocycles. The highest BCUT2D eigenvalue weighted by atomic mass is 15.0. The van der Waals surface area contributed by atoms with Crippen molar-refractivity contribution in [3.05, 3.63) is 182 Å². The highest BCUT2D eigenvalue weighted by Gasteiger charge is 2.15. The fourth-order valence-electron chi connectivity index (χ4n) is 8.31. The van der Waals surface area contributed by atoms with Crippen LogP contribution in [0.4, 0.5) is 0 Å². The van der Waals surface area contributed by atoms with Crippen LogP contribution in [0.25, 0.3) is 99.0 Å². The van der Waals surface area contributed by atoms with E-state index in [1.54, 1.807) is 0 Å². The first kappa shape index (κ1) is 28.0. The molecule has 0 unspecified atom stereocenters. The van der Waals surface area contributed by atoms with Crippen LogP contribution in [0.1, 0.15) is 0 Å². The molecule has 0 saturated carbocycles. The van der Waals surface area contributed by atoms with E-state index in [-0.39, 0.29) is 0 Å². The molecule has 1 N–H and O–H groups in total. The molecule has 238 valence electrons. The predicted molar refractivity (Wildman–Crippen MR) is 215 cm³/mol. The number of fused-ring (bicyclic) bond motifs is 9. The van der Waals surface area contributed by atoms with E-state index in [1.165, 1.54) is 76.6 Å². The quantitative estimate of drug-likeness (QED) is 0.196. The van der Waals surface area contributed by atoms with Crippen LogP contribution >= 0.6 is 0 Å². The lowest BCUT2D eigenvalue weighted by Crippen LogP contribution is -1.94. The average Bonchev–Trinajstić information content (AvgIpc) is 3.85. The minimum Gasteiger partial charge on any atom is -0.355 e. The summed E-state index contributed by atoms with van der Waals surface area (Å²) in [6.07, 6.45) is 0. The summed E-state index contributed by atoms with van der Waals surface area (Å²) in [5, 5.41) is 7.55. The second-order valence-corrected chi connectivity index (χ2v) is 13.5. The SMILES string of the molecule is c1cc(-c2ccc3[nH]c4ccc(-c5cccc(-n6c7ccccc7c7ccccc76)c5)cc4c3c2)cc(-n2c3ccccc3c3ccccc32)c1. The predicted octanol–water partition coefficient (Wildman–Crippen LogP) is 12.8. The zero-order chi connectivity index (χ0) is 33.5. The summed E-state index contributed by atoms with van der Waals surface area (Å²) in [5.74, 6) is 0. The Kier molecular flexibility index (Phi) is 5.96. The Bertz CT molecular complexity index is 2830. The molecule has 11 aromatic rings. The summed E-state index contributed by atoms with van der Waals surface area (Å²) in [6.45, 7) is 0. The fraction of sp³-hybridized carbons (Fsp3) is 0. The molecule has 11 rings (SSSR count). The highest BCUT2D eigenvalue weighted by Crippen LogP contribution is 2.37. The largest absolute Gasteiger partial charge is 0.355 e. The number of nitrogens with one attached hydrogen (secondary N) is 1. The van der Waals surface area contributed by atoms with E-state index in [0.717, 1.165) is 22.4 Å². The second kappa shape index (κ2) is 10.8. The van der Waals surface area contributed by atoms with Crippen molar-refractivity contribution in [2.75, 3.05) is 0 Å². The Morgan fingerprint density at radius 1 is 0.275 bits per heavy atom. The van der Waals surface area contributed by atoms with E-state index in [9.17, 15) is 0 Å². The van der Waals surface area contributed by atoms with E-state index in [2.05, 4.69) is 196 Å². The van der Waals surface area contributed by atoms with Gasteiger partial charge in [0.05, 0.1) is 22.1 Å². The number of hydrogen-bond donors (Lipinski definition) is 1. The number of aromatic nitrogens is 3. The van der Waals surface area contributed by atoms with Gasteiger partial charge in [0.2, 0.25) is 0 Å². The number of H-pyrrole nitrogens is 1. The van der Waals surface area contributed by atoms with Crippen molar-refractivity contribution in [3.63, 3.8) is 0 Å². The van der Waals surface area contributed by atoms with E-state index in [4.69, 9.17) is 0 Å². The lowest BCUT2D eigenvalue weighted by Gasteiger charge is -2.11. The van der Waals surface area contributed by atoms with E-state index in [0.29, 0.717) is 0 Å². The molecule has 0 aliphatic carbocycles. The van der Waals surface area contributed by atoms with Gasteiger partial charge < -0.3 is 14.1 Å². The van der Waals surface area contributed by atoms with Gasteiger partial charge in [-0.25, -0.2) is 0 Å². The van der Waals surface area contributed by atoms with Crippen LogP contribution in [0.3, 0.4) is 0 Å². The molecule has 51 heavy (non-hydrogen) atoms. The Morgan fingerprint density at radius 3 is 1.02 bits per heavy atom. The first-order chi connectivity index (χ1) is 25.3. The molecule has 0 spiro atoms. The van der Waals surface area contributed by atoms with Crippen molar-refractivity contribution in [1.82, 2.24) is 14.1 Å². The average molecular weight is 650 g/mol. The second-order valence-electron chi connectivity index (χ2n) is 13.5. The number of aromatic amines is 1. The molecular formula is C48H31N3. The lowest BCUT2D eigenvalue weighted by molar-refractivity contribution is 1.18. The zero-order valence-electron chi connectivity index (χ0n) is 27.7. The van der Waals surface area contributed by atoms with Crippen molar-refractivity contribution in [3.8, 4) is 33.6 Å². The van der Waals surface area contributed by atoms with Gasteiger partial charge in [0.25, 0.3) is 0 Å². The summed E-state index contributed by atoms with van der Waals surface area (Å²) in [5.41, 5.74) is 14.3. The first-order valence-electron chi connectivity index (χ1n) is 17.5. The third-order valence-corrected chi connectivity index (χ3v) is 10.6. The van der Waals surface area contributed by atoms with Gasteiger partial charge in [0.1, 0.15) is 0 Å². The minimum atomic E-state index is 1.14. The van der Waals surface area contributed by atoms with Crippen LogP contribution in [0.2, 0.25) is 0 Å². The van der Waals surface area contributed by atoms with Gasteiger partial charge in [0, 0.05) is 54.7 Å². The molecule has 0 amide bonds. The summed E-state index contributed by atoms with van der Waals surface area (Å²) < 4.78 is 4.77. The normalized spacial score (nSPS) is 11.9. The molecule has 0 saturated heterocycles. The molecule has 0 atom stereocenters. The van der Waals surface area contributed by atoms with Crippen LogP contribution in [-0.4, -0.2) is 14.1 Å². The molecule has 0 aliphatic heterocycles. The van der Waals surface area contributed by atoms with Crippen LogP contribution in [0.5, 0.6) is 0 Å². The van der Waals surface area contributed by atoms with Gasteiger partial charge in [-0.05, 0) is 95.1 Å². The number of rotatable bonds is 4. The van der Waals surface area contributed by atoms with Crippen molar-refractivity contribution in [1.29, 1.82) is 0 Å². The molecule has 3 heterocycles.